The van der Waals surface area contributed by atoms with E-state index in [1.54, 1.807) is 16.7 Å². The van der Waals surface area contributed by atoms with Crippen LogP contribution >= 0.6 is 11.8 Å². The van der Waals surface area contributed by atoms with Crippen molar-refractivity contribution < 1.29 is 14.3 Å². The van der Waals surface area contributed by atoms with Crippen LogP contribution in [0.5, 0.6) is 11.5 Å². The Hall–Kier alpha value is -1.56. The molecule has 1 aliphatic rings. The third-order valence-electron chi connectivity index (χ3n) is 3.16. The number of carbonyl (C=O) groups is 1. The molecule has 2 rings (SSSR count). The van der Waals surface area contributed by atoms with Gasteiger partial charge in [0.25, 0.3) is 0 Å². The SMILES string of the molecule is CCN(CC)C(=O)Nc1cc2c(cc1SC)OCCO2. The lowest BCUT2D eigenvalue weighted by Crippen LogP contribution is -2.34. The van der Waals surface area contributed by atoms with Gasteiger partial charge < -0.3 is 19.7 Å². The molecular weight excluding hydrogens is 276 g/mol. The van der Waals surface area contributed by atoms with Crippen molar-refractivity contribution >= 4 is 23.5 Å². The molecular formula is C14H20N2O3S. The summed E-state index contributed by atoms with van der Waals surface area (Å²) >= 11 is 1.57. The maximum absolute atomic E-state index is 12.1. The fraction of sp³-hybridized carbons (Fsp3) is 0.500. The lowest BCUT2D eigenvalue weighted by molar-refractivity contribution is 0.171. The Morgan fingerprint density at radius 1 is 1.25 bits per heavy atom. The number of hydrogen-bond acceptors (Lipinski definition) is 4. The molecule has 1 N–H and O–H groups in total. The van der Waals surface area contributed by atoms with Gasteiger partial charge in [-0.05, 0) is 26.2 Å². The molecule has 20 heavy (non-hydrogen) atoms. The number of thioether (sulfide) groups is 1. The van der Waals surface area contributed by atoms with Crippen LogP contribution in [0.15, 0.2) is 17.0 Å². The topological polar surface area (TPSA) is 50.8 Å². The Morgan fingerprint density at radius 3 is 2.40 bits per heavy atom. The highest BCUT2D eigenvalue weighted by molar-refractivity contribution is 7.98. The van der Waals surface area contributed by atoms with Gasteiger partial charge in [-0.25, -0.2) is 4.79 Å². The van der Waals surface area contributed by atoms with Crippen molar-refractivity contribution in [3.8, 4) is 11.5 Å². The van der Waals surface area contributed by atoms with Crippen LogP contribution in [0, 0.1) is 0 Å². The van der Waals surface area contributed by atoms with Gasteiger partial charge in [0.15, 0.2) is 11.5 Å². The Balaban J connectivity index is 2.24. The molecule has 0 saturated carbocycles. The Bertz CT molecular complexity index is 490. The predicted molar refractivity (Wildman–Crippen MR) is 81.2 cm³/mol. The molecule has 0 aromatic heterocycles. The summed E-state index contributed by atoms with van der Waals surface area (Å²) in [5.41, 5.74) is 0.763. The molecule has 0 spiro atoms. The highest BCUT2D eigenvalue weighted by Gasteiger charge is 2.18. The van der Waals surface area contributed by atoms with E-state index >= 15 is 0 Å². The first kappa shape index (κ1) is 14.8. The van der Waals surface area contributed by atoms with Crippen molar-refractivity contribution in [2.45, 2.75) is 18.7 Å². The number of hydrogen-bond donors (Lipinski definition) is 1. The zero-order valence-electron chi connectivity index (χ0n) is 12.1. The van der Waals surface area contributed by atoms with E-state index in [-0.39, 0.29) is 6.03 Å². The smallest absolute Gasteiger partial charge is 0.321 e. The van der Waals surface area contributed by atoms with Gasteiger partial charge in [0.1, 0.15) is 13.2 Å². The average molecular weight is 296 g/mol. The minimum absolute atomic E-state index is 0.0954. The van der Waals surface area contributed by atoms with Crippen LogP contribution in [0.25, 0.3) is 0 Å². The van der Waals surface area contributed by atoms with E-state index in [1.165, 1.54) is 0 Å². The summed E-state index contributed by atoms with van der Waals surface area (Å²) in [6.45, 7) is 6.38. The van der Waals surface area contributed by atoms with Crippen molar-refractivity contribution in [1.29, 1.82) is 0 Å². The molecule has 0 bridgehead atoms. The molecule has 1 aliphatic heterocycles. The van der Waals surface area contributed by atoms with Gasteiger partial charge in [-0.15, -0.1) is 11.8 Å². The molecule has 0 radical (unpaired) electrons. The monoisotopic (exact) mass is 296 g/mol. The standard InChI is InChI=1S/C14H20N2O3S/c1-4-16(5-2)14(17)15-10-8-11-12(9-13(10)20-3)19-7-6-18-11/h8-9H,4-7H2,1-3H3,(H,15,17). The number of rotatable bonds is 4. The number of nitrogens with zero attached hydrogens (tertiary/aromatic N) is 1. The average Bonchev–Trinajstić information content (AvgIpc) is 2.47. The van der Waals surface area contributed by atoms with Crippen molar-refractivity contribution in [3.63, 3.8) is 0 Å². The maximum Gasteiger partial charge on any atom is 0.321 e. The van der Waals surface area contributed by atoms with Crippen LogP contribution in [-0.2, 0) is 0 Å². The summed E-state index contributed by atoms with van der Waals surface area (Å²) in [4.78, 5) is 14.8. The van der Waals surface area contributed by atoms with Crippen molar-refractivity contribution in [2.75, 3.05) is 37.9 Å². The Kier molecular flexibility index (Phi) is 5.00. The first-order valence-electron chi connectivity index (χ1n) is 6.73. The molecule has 0 aliphatic carbocycles. The van der Waals surface area contributed by atoms with Crippen LogP contribution < -0.4 is 14.8 Å². The molecule has 6 heteroatoms. The number of amides is 2. The predicted octanol–water partition coefficient (Wildman–Crippen LogP) is 3.05. The fourth-order valence-corrected chi connectivity index (χ4v) is 2.60. The van der Waals surface area contributed by atoms with Crippen LogP contribution in [0.3, 0.4) is 0 Å². The molecule has 0 fully saturated rings. The van der Waals surface area contributed by atoms with Gasteiger partial charge in [0.2, 0.25) is 0 Å². The lowest BCUT2D eigenvalue weighted by Gasteiger charge is -2.23. The summed E-state index contributed by atoms with van der Waals surface area (Å²) in [7, 11) is 0. The second-order valence-corrected chi connectivity index (χ2v) is 5.15. The third kappa shape index (κ3) is 3.12. The van der Waals surface area contributed by atoms with E-state index in [0.717, 1.165) is 16.3 Å². The maximum atomic E-state index is 12.1. The second-order valence-electron chi connectivity index (χ2n) is 4.30. The van der Waals surface area contributed by atoms with E-state index in [0.29, 0.717) is 32.1 Å². The van der Waals surface area contributed by atoms with Crippen LogP contribution in [0.2, 0.25) is 0 Å². The van der Waals surface area contributed by atoms with Crippen molar-refractivity contribution in [2.24, 2.45) is 0 Å². The number of anilines is 1. The summed E-state index contributed by atoms with van der Waals surface area (Å²) in [5.74, 6) is 1.42. The van der Waals surface area contributed by atoms with Gasteiger partial charge in [-0.3, -0.25) is 0 Å². The minimum atomic E-state index is -0.0954. The fourth-order valence-electron chi connectivity index (χ4n) is 2.04. The molecule has 1 heterocycles. The van der Waals surface area contributed by atoms with Crippen LogP contribution in [-0.4, -0.2) is 43.5 Å². The van der Waals surface area contributed by atoms with Crippen LogP contribution in [0.1, 0.15) is 13.8 Å². The highest BCUT2D eigenvalue weighted by Crippen LogP contribution is 2.39. The number of fused-ring (bicyclic) bond motifs is 1. The van der Waals surface area contributed by atoms with E-state index < -0.39 is 0 Å². The Morgan fingerprint density at radius 2 is 1.85 bits per heavy atom. The van der Waals surface area contributed by atoms with E-state index in [9.17, 15) is 4.79 Å². The normalized spacial score (nSPS) is 12.9. The van der Waals surface area contributed by atoms with Gasteiger partial charge in [0, 0.05) is 24.1 Å². The van der Waals surface area contributed by atoms with Gasteiger partial charge in [0.05, 0.1) is 5.69 Å². The number of nitrogens with one attached hydrogen (secondary N) is 1. The molecule has 1 aromatic rings. The summed E-state index contributed by atoms with van der Waals surface area (Å²) in [6.07, 6.45) is 1.97. The number of ether oxygens (including phenoxy) is 2. The third-order valence-corrected chi connectivity index (χ3v) is 3.93. The van der Waals surface area contributed by atoms with Gasteiger partial charge in [-0.2, -0.15) is 0 Å². The largest absolute Gasteiger partial charge is 0.486 e. The molecule has 0 saturated heterocycles. The summed E-state index contributed by atoms with van der Waals surface area (Å²) < 4.78 is 11.1. The number of carbonyl (C=O) groups excluding carboxylic acids is 1. The minimum Gasteiger partial charge on any atom is -0.486 e. The summed E-state index contributed by atoms with van der Waals surface area (Å²) in [6, 6.07) is 3.65. The van der Waals surface area contributed by atoms with Gasteiger partial charge in [-0.1, -0.05) is 0 Å². The zero-order chi connectivity index (χ0) is 14.5. The van der Waals surface area contributed by atoms with Crippen molar-refractivity contribution in [3.05, 3.63) is 12.1 Å². The number of urea groups is 1. The first-order valence-corrected chi connectivity index (χ1v) is 7.95. The van der Waals surface area contributed by atoms with Crippen LogP contribution in [0.4, 0.5) is 10.5 Å². The van der Waals surface area contributed by atoms with Crippen molar-refractivity contribution in [1.82, 2.24) is 4.90 Å². The summed E-state index contributed by atoms with van der Waals surface area (Å²) in [5, 5.41) is 2.94. The second kappa shape index (κ2) is 6.74. The molecule has 1 aromatic carbocycles. The molecule has 110 valence electrons. The van der Waals surface area contributed by atoms with E-state index in [2.05, 4.69) is 5.32 Å². The molecule has 5 nitrogen and oxygen atoms in total. The molecule has 0 unspecified atom stereocenters. The zero-order valence-corrected chi connectivity index (χ0v) is 12.9. The lowest BCUT2D eigenvalue weighted by atomic mass is 10.2. The first-order chi connectivity index (χ1) is 9.69. The quantitative estimate of drug-likeness (QED) is 0.868. The number of benzene rings is 1. The molecule has 2 amide bonds. The van der Waals surface area contributed by atoms with E-state index in [1.807, 2.05) is 32.2 Å². The highest BCUT2D eigenvalue weighted by atomic mass is 32.2. The van der Waals surface area contributed by atoms with Gasteiger partial charge >= 0.3 is 6.03 Å². The molecule has 0 atom stereocenters. The van der Waals surface area contributed by atoms with E-state index in [4.69, 9.17) is 9.47 Å². The Labute approximate surface area is 123 Å².